The number of nitrogens with two attached hydrogens (primary N) is 1. The molecule has 0 unspecified atom stereocenters. The second kappa shape index (κ2) is 9.08. The summed E-state index contributed by atoms with van der Waals surface area (Å²) in [6, 6.07) is 0. The van der Waals surface area contributed by atoms with Crippen LogP contribution in [0.5, 0.6) is 0 Å². The van der Waals surface area contributed by atoms with Gasteiger partial charge in [-0.05, 0) is 19.4 Å². The minimum atomic E-state index is -2.93. The van der Waals surface area contributed by atoms with E-state index in [1.165, 1.54) is 0 Å². The molecule has 6 heteroatoms. The predicted molar refractivity (Wildman–Crippen MR) is 59.6 cm³/mol. The Morgan fingerprint density at radius 1 is 1.07 bits per heavy atom. The Labute approximate surface area is 91.9 Å². The predicted octanol–water partition coefficient (Wildman–Crippen LogP) is -0.197. The van der Waals surface area contributed by atoms with Crippen LogP contribution >= 0.6 is 0 Å². The highest BCUT2D eigenvalue weighted by Gasteiger charge is 2.08. The van der Waals surface area contributed by atoms with Gasteiger partial charge in [-0.1, -0.05) is 0 Å². The molecule has 0 aromatic carbocycles. The lowest BCUT2D eigenvalue weighted by Gasteiger charge is -2.04. The molecular formula is C9H21NO4S. The lowest BCUT2D eigenvalue weighted by atomic mass is 10.5. The molecular weight excluding hydrogens is 218 g/mol. The largest absolute Gasteiger partial charge is 0.382 e. The van der Waals surface area contributed by atoms with Crippen LogP contribution in [0.1, 0.15) is 12.8 Å². The average Bonchev–Trinajstić information content (AvgIpc) is 2.20. The standard InChI is InChI=1S/C9H21NO4S/c1-13-6-7-14-5-3-9-15(11,12)8-2-4-10/h2-10H2,1H3. The van der Waals surface area contributed by atoms with Gasteiger partial charge in [0.05, 0.1) is 24.7 Å². The Hall–Kier alpha value is -0.170. The Morgan fingerprint density at radius 2 is 1.73 bits per heavy atom. The van der Waals surface area contributed by atoms with E-state index in [-0.39, 0.29) is 11.5 Å². The molecule has 0 aliphatic heterocycles. The Kier molecular flexibility index (Phi) is 8.98. The van der Waals surface area contributed by atoms with Gasteiger partial charge < -0.3 is 15.2 Å². The summed E-state index contributed by atoms with van der Waals surface area (Å²) in [5, 5.41) is 0. The molecule has 15 heavy (non-hydrogen) atoms. The topological polar surface area (TPSA) is 78.6 Å². The van der Waals surface area contributed by atoms with Gasteiger partial charge in [0.2, 0.25) is 0 Å². The van der Waals surface area contributed by atoms with Crippen molar-refractivity contribution in [2.24, 2.45) is 5.73 Å². The first-order valence-corrected chi connectivity index (χ1v) is 6.91. The van der Waals surface area contributed by atoms with Gasteiger partial charge >= 0.3 is 0 Å². The van der Waals surface area contributed by atoms with Crippen molar-refractivity contribution in [1.29, 1.82) is 0 Å². The molecule has 0 atom stereocenters. The fourth-order valence-corrected chi connectivity index (χ4v) is 2.40. The SMILES string of the molecule is COCCOCCCS(=O)(=O)CCCN. The smallest absolute Gasteiger partial charge is 0.150 e. The van der Waals surface area contributed by atoms with E-state index in [2.05, 4.69) is 0 Å². The molecule has 5 nitrogen and oxygen atoms in total. The number of ether oxygens (including phenoxy) is 2. The van der Waals surface area contributed by atoms with Gasteiger partial charge in [-0.2, -0.15) is 0 Å². The first-order valence-electron chi connectivity index (χ1n) is 5.09. The van der Waals surface area contributed by atoms with E-state index in [0.717, 1.165) is 0 Å². The number of methoxy groups -OCH3 is 1. The van der Waals surface area contributed by atoms with E-state index in [4.69, 9.17) is 15.2 Å². The molecule has 0 saturated carbocycles. The van der Waals surface area contributed by atoms with Gasteiger partial charge in [0.1, 0.15) is 9.84 Å². The van der Waals surface area contributed by atoms with Crippen molar-refractivity contribution in [3.8, 4) is 0 Å². The molecule has 0 saturated heterocycles. The highest BCUT2D eigenvalue weighted by Crippen LogP contribution is 1.96. The Bertz CT molecular complexity index is 228. The number of hydrogen-bond donors (Lipinski definition) is 1. The maximum Gasteiger partial charge on any atom is 0.150 e. The third kappa shape index (κ3) is 10.1. The highest BCUT2D eigenvalue weighted by molar-refractivity contribution is 7.91. The molecule has 0 aliphatic carbocycles. The quantitative estimate of drug-likeness (QED) is 0.534. The first-order chi connectivity index (χ1) is 7.12. The molecule has 0 spiro atoms. The summed E-state index contributed by atoms with van der Waals surface area (Å²) >= 11 is 0. The van der Waals surface area contributed by atoms with Crippen molar-refractivity contribution >= 4 is 9.84 Å². The van der Waals surface area contributed by atoms with Gasteiger partial charge in [0.25, 0.3) is 0 Å². The van der Waals surface area contributed by atoms with Crippen LogP contribution in [0.4, 0.5) is 0 Å². The fourth-order valence-electron chi connectivity index (χ4n) is 1.03. The second-order valence-corrected chi connectivity index (χ2v) is 5.56. The van der Waals surface area contributed by atoms with Crippen molar-refractivity contribution < 1.29 is 17.9 Å². The summed E-state index contributed by atoms with van der Waals surface area (Å²) in [6.07, 6.45) is 1.07. The molecule has 2 N–H and O–H groups in total. The van der Waals surface area contributed by atoms with Crippen LogP contribution in [0.15, 0.2) is 0 Å². The van der Waals surface area contributed by atoms with Crippen molar-refractivity contribution in [3.63, 3.8) is 0 Å². The van der Waals surface area contributed by atoms with E-state index in [1.54, 1.807) is 7.11 Å². The van der Waals surface area contributed by atoms with E-state index in [9.17, 15) is 8.42 Å². The van der Waals surface area contributed by atoms with Crippen LogP contribution in [0.2, 0.25) is 0 Å². The van der Waals surface area contributed by atoms with Crippen LogP contribution in [0.3, 0.4) is 0 Å². The zero-order chi connectivity index (χ0) is 11.6. The van der Waals surface area contributed by atoms with Gasteiger partial charge in [0.15, 0.2) is 0 Å². The summed E-state index contributed by atoms with van der Waals surface area (Å²) in [7, 11) is -1.33. The van der Waals surface area contributed by atoms with Crippen LogP contribution in [0.25, 0.3) is 0 Å². The Morgan fingerprint density at radius 3 is 2.33 bits per heavy atom. The van der Waals surface area contributed by atoms with Crippen LogP contribution < -0.4 is 5.73 Å². The third-order valence-corrected chi connectivity index (χ3v) is 3.66. The van der Waals surface area contributed by atoms with Crippen LogP contribution in [0, 0.1) is 0 Å². The van der Waals surface area contributed by atoms with E-state index < -0.39 is 9.84 Å². The van der Waals surface area contributed by atoms with Crippen molar-refractivity contribution in [2.75, 3.05) is 45.0 Å². The molecule has 0 heterocycles. The van der Waals surface area contributed by atoms with E-state index in [1.807, 2.05) is 0 Å². The molecule has 0 bridgehead atoms. The van der Waals surface area contributed by atoms with Crippen LogP contribution in [-0.4, -0.2) is 53.4 Å². The first kappa shape index (κ1) is 14.8. The maximum absolute atomic E-state index is 11.3. The highest BCUT2D eigenvalue weighted by atomic mass is 32.2. The summed E-state index contributed by atoms with van der Waals surface area (Å²) in [5.41, 5.74) is 5.24. The van der Waals surface area contributed by atoms with Gasteiger partial charge in [-0.25, -0.2) is 8.42 Å². The molecule has 0 rings (SSSR count). The lowest BCUT2D eigenvalue weighted by Crippen LogP contribution is -2.16. The Balaban J connectivity index is 3.41. The van der Waals surface area contributed by atoms with E-state index >= 15 is 0 Å². The molecule has 0 radical (unpaired) electrons. The minimum Gasteiger partial charge on any atom is -0.382 e. The second-order valence-electron chi connectivity index (χ2n) is 3.25. The summed E-state index contributed by atoms with van der Waals surface area (Å²) in [6.45, 7) is 1.94. The van der Waals surface area contributed by atoms with Crippen molar-refractivity contribution in [3.05, 3.63) is 0 Å². The van der Waals surface area contributed by atoms with E-state index in [0.29, 0.717) is 39.2 Å². The molecule has 0 fully saturated rings. The minimum absolute atomic E-state index is 0.181. The molecule has 0 amide bonds. The zero-order valence-corrected chi connectivity index (χ0v) is 10.1. The molecule has 0 aromatic rings. The van der Waals surface area contributed by atoms with Gasteiger partial charge in [-0.3, -0.25) is 0 Å². The molecule has 0 aliphatic rings. The summed E-state index contributed by atoms with van der Waals surface area (Å²) < 4.78 is 32.6. The van der Waals surface area contributed by atoms with Crippen molar-refractivity contribution in [1.82, 2.24) is 0 Å². The molecule has 92 valence electrons. The number of sulfone groups is 1. The van der Waals surface area contributed by atoms with Gasteiger partial charge in [-0.15, -0.1) is 0 Å². The van der Waals surface area contributed by atoms with Crippen molar-refractivity contribution in [2.45, 2.75) is 12.8 Å². The molecule has 0 aromatic heterocycles. The van der Waals surface area contributed by atoms with Crippen LogP contribution in [-0.2, 0) is 19.3 Å². The number of hydrogen-bond acceptors (Lipinski definition) is 5. The number of rotatable bonds is 10. The fraction of sp³-hybridized carbons (Fsp3) is 1.00. The van der Waals surface area contributed by atoms with Gasteiger partial charge in [0, 0.05) is 13.7 Å². The maximum atomic E-state index is 11.3. The normalized spacial score (nSPS) is 11.9. The third-order valence-electron chi connectivity index (χ3n) is 1.84. The monoisotopic (exact) mass is 239 g/mol. The summed E-state index contributed by atoms with van der Waals surface area (Å²) in [5.74, 6) is 0.363. The lowest BCUT2D eigenvalue weighted by molar-refractivity contribution is 0.0712. The average molecular weight is 239 g/mol. The summed E-state index contributed by atoms with van der Waals surface area (Å²) in [4.78, 5) is 0. The zero-order valence-electron chi connectivity index (χ0n) is 9.28.